The van der Waals surface area contributed by atoms with Crippen LogP contribution in [0.2, 0.25) is 10.0 Å². The molecule has 1 amide bonds. The molecule has 128 valence electrons. The lowest BCUT2D eigenvalue weighted by Crippen LogP contribution is -2.13. The zero-order valence-electron chi connectivity index (χ0n) is 13.5. The number of nitrogens with zero attached hydrogens (tertiary/aromatic N) is 2. The maximum atomic E-state index is 12.2. The number of hydrogen-bond acceptors (Lipinski definition) is 3. The van der Waals surface area contributed by atoms with Gasteiger partial charge in [0.15, 0.2) is 0 Å². The number of nitrogens with one attached hydrogen (secondary N) is 1. The van der Waals surface area contributed by atoms with E-state index in [1.807, 2.05) is 30.3 Å². The van der Waals surface area contributed by atoms with E-state index < -0.39 is 11.8 Å². The van der Waals surface area contributed by atoms with Gasteiger partial charge in [-0.25, -0.2) is 0 Å². The highest BCUT2D eigenvalue weighted by Gasteiger charge is 2.17. The number of anilines is 1. The Balaban J connectivity index is 1.83. The number of halogens is 2. The summed E-state index contributed by atoms with van der Waals surface area (Å²) in [6, 6.07) is 19.8. The van der Waals surface area contributed by atoms with Gasteiger partial charge in [-0.15, -0.1) is 0 Å². The third-order valence-corrected chi connectivity index (χ3v) is 4.35. The molecule has 6 heteroatoms. The number of rotatable bonds is 4. The zero-order valence-corrected chi connectivity index (χ0v) is 15.0. The minimum Gasteiger partial charge on any atom is -0.321 e. The molecule has 3 aromatic rings. The van der Waals surface area contributed by atoms with E-state index in [2.05, 4.69) is 16.4 Å². The highest BCUT2D eigenvalue weighted by atomic mass is 35.5. The quantitative estimate of drug-likeness (QED) is 0.666. The summed E-state index contributed by atoms with van der Waals surface area (Å²) in [5.74, 6) is -0.876. The number of carbonyl (C=O) groups excluding carboxylic acids is 1. The zero-order chi connectivity index (χ0) is 18.5. The molecule has 0 radical (unpaired) electrons. The Morgan fingerprint density at radius 1 is 1.08 bits per heavy atom. The Morgan fingerprint density at radius 2 is 1.85 bits per heavy atom. The minimum atomic E-state index is -0.483. The van der Waals surface area contributed by atoms with Crippen molar-refractivity contribution in [2.75, 3.05) is 5.32 Å². The molecule has 0 aliphatic heterocycles. The van der Waals surface area contributed by atoms with E-state index in [4.69, 9.17) is 23.2 Å². The van der Waals surface area contributed by atoms with Crippen molar-refractivity contribution in [2.24, 2.45) is 0 Å². The first-order chi connectivity index (χ1) is 12.6. The van der Waals surface area contributed by atoms with Gasteiger partial charge in [-0.05, 0) is 35.4 Å². The van der Waals surface area contributed by atoms with Crippen molar-refractivity contribution in [3.05, 3.63) is 93.7 Å². The van der Waals surface area contributed by atoms with Crippen molar-refractivity contribution < 1.29 is 4.79 Å². The van der Waals surface area contributed by atoms with E-state index in [1.165, 1.54) is 12.3 Å². The van der Waals surface area contributed by atoms with Crippen LogP contribution in [0.1, 0.15) is 27.5 Å². The van der Waals surface area contributed by atoms with E-state index in [0.717, 1.165) is 5.56 Å². The first-order valence-corrected chi connectivity index (χ1v) is 8.51. The second kappa shape index (κ2) is 8.01. The van der Waals surface area contributed by atoms with Crippen LogP contribution >= 0.6 is 23.2 Å². The molecule has 3 rings (SSSR count). The maximum absolute atomic E-state index is 12.2. The monoisotopic (exact) mass is 381 g/mol. The van der Waals surface area contributed by atoms with Crippen LogP contribution in [0.3, 0.4) is 0 Å². The van der Waals surface area contributed by atoms with E-state index in [9.17, 15) is 10.1 Å². The average molecular weight is 382 g/mol. The van der Waals surface area contributed by atoms with Gasteiger partial charge in [0.05, 0.1) is 12.0 Å². The standard InChI is InChI=1S/C20H13Cl2N3O/c21-14-8-9-24-19(10-14)20(26)25-15-6-7-16(18(22)11-15)17(12-23)13-4-2-1-3-5-13/h1-11,17H,(H,25,26). The number of hydrogen-bond donors (Lipinski definition) is 1. The number of pyridine rings is 1. The molecule has 0 fully saturated rings. The highest BCUT2D eigenvalue weighted by Crippen LogP contribution is 2.31. The molecule has 2 aromatic carbocycles. The molecule has 1 N–H and O–H groups in total. The van der Waals surface area contributed by atoms with Crippen LogP contribution in [0, 0.1) is 11.3 Å². The highest BCUT2D eigenvalue weighted by molar-refractivity contribution is 6.32. The summed E-state index contributed by atoms with van der Waals surface area (Å²) in [6.07, 6.45) is 1.46. The number of carbonyl (C=O) groups is 1. The van der Waals surface area contributed by atoms with Gasteiger partial charge < -0.3 is 5.32 Å². The van der Waals surface area contributed by atoms with Crippen LogP contribution in [-0.4, -0.2) is 10.9 Å². The molecular formula is C20H13Cl2N3O. The molecule has 0 aliphatic rings. The summed E-state index contributed by atoms with van der Waals surface area (Å²) < 4.78 is 0. The van der Waals surface area contributed by atoms with Gasteiger partial charge in [-0.1, -0.05) is 59.6 Å². The molecule has 0 bridgehead atoms. The van der Waals surface area contributed by atoms with Crippen molar-refractivity contribution in [3.8, 4) is 6.07 Å². The summed E-state index contributed by atoms with van der Waals surface area (Å²) in [7, 11) is 0. The van der Waals surface area contributed by atoms with Crippen LogP contribution in [0.4, 0.5) is 5.69 Å². The SMILES string of the molecule is N#CC(c1ccccc1)c1ccc(NC(=O)c2cc(Cl)ccn2)cc1Cl. The molecule has 0 saturated heterocycles. The summed E-state index contributed by atoms with van der Waals surface area (Å²) in [5, 5.41) is 13.1. The van der Waals surface area contributed by atoms with Crippen molar-refractivity contribution in [3.63, 3.8) is 0 Å². The summed E-state index contributed by atoms with van der Waals surface area (Å²) in [5.41, 5.74) is 2.25. The fourth-order valence-electron chi connectivity index (χ4n) is 2.53. The summed E-state index contributed by atoms with van der Waals surface area (Å²) in [6.45, 7) is 0. The van der Waals surface area contributed by atoms with Gasteiger partial charge in [-0.2, -0.15) is 5.26 Å². The first-order valence-electron chi connectivity index (χ1n) is 7.75. The maximum Gasteiger partial charge on any atom is 0.274 e. The van der Waals surface area contributed by atoms with Crippen LogP contribution in [0.15, 0.2) is 66.9 Å². The predicted octanol–water partition coefficient (Wildman–Crippen LogP) is 5.30. The minimum absolute atomic E-state index is 0.205. The van der Waals surface area contributed by atoms with Gasteiger partial charge in [0.2, 0.25) is 0 Å². The van der Waals surface area contributed by atoms with Gasteiger partial charge >= 0.3 is 0 Å². The molecule has 0 saturated carbocycles. The lowest BCUT2D eigenvalue weighted by molar-refractivity contribution is 0.102. The van der Waals surface area contributed by atoms with Gasteiger partial charge in [0, 0.05) is 21.9 Å². The Labute approximate surface area is 161 Å². The normalized spacial score (nSPS) is 11.4. The van der Waals surface area contributed by atoms with E-state index in [1.54, 1.807) is 24.3 Å². The smallest absolute Gasteiger partial charge is 0.274 e. The average Bonchev–Trinajstić information content (AvgIpc) is 2.65. The van der Waals surface area contributed by atoms with Crippen LogP contribution in [0.5, 0.6) is 0 Å². The predicted molar refractivity (Wildman–Crippen MR) is 103 cm³/mol. The van der Waals surface area contributed by atoms with Crippen LogP contribution in [-0.2, 0) is 0 Å². The summed E-state index contributed by atoms with van der Waals surface area (Å²) in [4.78, 5) is 16.2. The van der Waals surface area contributed by atoms with Crippen molar-refractivity contribution in [1.29, 1.82) is 5.26 Å². The fraction of sp³-hybridized carbons (Fsp3) is 0.0500. The Bertz CT molecular complexity index is 984. The Kier molecular flexibility index (Phi) is 5.52. The van der Waals surface area contributed by atoms with Gasteiger partial charge in [-0.3, -0.25) is 9.78 Å². The Morgan fingerprint density at radius 3 is 2.50 bits per heavy atom. The first kappa shape index (κ1) is 17.9. The number of benzene rings is 2. The molecule has 0 spiro atoms. The van der Waals surface area contributed by atoms with Crippen molar-refractivity contribution in [1.82, 2.24) is 4.98 Å². The molecular weight excluding hydrogens is 369 g/mol. The fourth-order valence-corrected chi connectivity index (χ4v) is 2.98. The second-order valence-electron chi connectivity index (χ2n) is 5.52. The van der Waals surface area contributed by atoms with E-state index in [-0.39, 0.29) is 5.69 Å². The number of aromatic nitrogens is 1. The number of amides is 1. The van der Waals surface area contributed by atoms with Crippen molar-refractivity contribution in [2.45, 2.75) is 5.92 Å². The summed E-state index contributed by atoms with van der Waals surface area (Å²) >= 11 is 12.2. The second-order valence-corrected chi connectivity index (χ2v) is 6.37. The topological polar surface area (TPSA) is 65.8 Å². The van der Waals surface area contributed by atoms with Gasteiger partial charge in [0.1, 0.15) is 5.69 Å². The van der Waals surface area contributed by atoms with Crippen LogP contribution < -0.4 is 5.32 Å². The lowest BCUT2D eigenvalue weighted by atomic mass is 9.92. The number of nitriles is 1. The molecule has 1 aromatic heterocycles. The van der Waals surface area contributed by atoms with E-state index >= 15 is 0 Å². The van der Waals surface area contributed by atoms with Gasteiger partial charge in [0.25, 0.3) is 5.91 Å². The Hall–Kier alpha value is -2.87. The van der Waals surface area contributed by atoms with Crippen LogP contribution in [0.25, 0.3) is 0 Å². The largest absolute Gasteiger partial charge is 0.321 e. The molecule has 1 heterocycles. The molecule has 4 nitrogen and oxygen atoms in total. The lowest BCUT2D eigenvalue weighted by Gasteiger charge is -2.13. The molecule has 26 heavy (non-hydrogen) atoms. The third-order valence-electron chi connectivity index (χ3n) is 3.79. The molecule has 0 aliphatic carbocycles. The van der Waals surface area contributed by atoms with E-state index in [0.29, 0.717) is 21.3 Å². The third kappa shape index (κ3) is 4.02. The molecule has 1 unspecified atom stereocenters. The van der Waals surface area contributed by atoms with Crippen molar-refractivity contribution >= 4 is 34.8 Å². The molecule has 1 atom stereocenters.